The van der Waals surface area contributed by atoms with Crippen LogP contribution in [0.15, 0.2) is 34.8 Å². The topological polar surface area (TPSA) is 79.5 Å². The molecule has 7 nitrogen and oxygen atoms in total. The summed E-state index contributed by atoms with van der Waals surface area (Å²) in [5.41, 5.74) is 1.96. The summed E-state index contributed by atoms with van der Waals surface area (Å²) in [4.78, 5) is 8.90. The monoisotopic (exact) mass is 357 g/mol. The van der Waals surface area contributed by atoms with Crippen LogP contribution < -0.4 is 10.6 Å². The zero-order chi connectivity index (χ0) is 17.6. The normalized spacial score (nSPS) is 12.1. The van der Waals surface area contributed by atoms with E-state index in [-0.39, 0.29) is 0 Å². The third-order valence-corrected chi connectivity index (χ3v) is 4.95. The minimum absolute atomic E-state index is 0.485. The van der Waals surface area contributed by atoms with E-state index in [1.54, 1.807) is 18.4 Å². The fraction of sp³-hybridized carbons (Fsp3) is 0.412. The Morgan fingerprint density at radius 2 is 2.16 bits per heavy atom. The average molecular weight is 357 g/mol. The van der Waals surface area contributed by atoms with Gasteiger partial charge in [0.2, 0.25) is 0 Å². The highest BCUT2D eigenvalue weighted by molar-refractivity contribution is 7.09. The molecule has 0 aliphatic heterocycles. The minimum atomic E-state index is 0.485. The smallest absolute Gasteiger partial charge is 0.191 e. The predicted octanol–water partition coefficient (Wildman–Crippen LogP) is 2.22. The van der Waals surface area contributed by atoms with Crippen molar-refractivity contribution in [2.45, 2.75) is 32.7 Å². The molecule has 2 N–H and O–H groups in total. The Morgan fingerprint density at radius 3 is 2.92 bits per heavy atom. The first-order valence-electron chi connectivity index (χ1n) is 8.35. The molecule has 0 saturated heterocycles. The lowest BCUT2D eigenvalue weighted by Gasteiger charge is -2.10. The van der Waals surface area contributed by atoms with Gasteiger partial charge in [-0.25, -0.2) is 4.98 Å². The molecule has 3 aromatic heterocycles. The Balaban J connectivity index is 1.49. The van der Waals surface area contributed by atoms with E-state index in [1.807, 2.05) is 28.8 Å². The summed E-state index contributed by atoms with van der Waals surface area (Å²) in [5.74, 6) is 2.07. The summed E-state index contributed by atoms with van der Waals surface area (Å²) >= 11 is 1.73. The van der Waals surface area contributed by atoms with Crippen molar-refractivity contribution >= 4 is 22.9 Å². The van der Waals surface area contributed by atoms with Crippen molar-refractivity contribution in [1.29, 1.82) is 0 Å². The second-order valence-corrected chi connectivity index (χ2v) is 6.87. The molecule has 0 bridgehead atoms. The van der Waals surface area contributed by atoms with Crippen molar-refractivity contribution in [3.05, 3.63) is 46.3 Å². The fourth-order valence-electron chi connectivity index (χ4n) is 2.41. The van der Waals surface area contributed by atoms with Gasteiger partial charge in [0.15, 0.2) is 17.4 Å². The van der Waals surface area contributed by atoms with Crippen LogP contribution in [0.4, 0.5) is 0 Å². The van der Waals surface area contributed by atoms with Gasteiger partial charge in [0.1, 0.15) is 0 Å². The molecule has 0 unspecified atom stereocenters. The van der Waals surface area contributed by atoms with Crippen molar-refractivity contribution in [3.63, 3.8) is 0 Å². The van der Waals surface area contributed by atoms with E-state index < -0.39 is 0 Å². The van der Waals surface area contributed by atoms with Crippen molar-refractivity contribution in [3.8, 4) is 0 Å². The Labute approximate surface area is 151 Å². The first kappa shape index (κ1) is 17.3. The SMILES string of the molecule is CN=C(NCCc1csc(C(C)C)n1)NCc1nnc2ccccn12. The molecule has 8 heteroatoms. The highest BCUT2D eigenvalue weighted by Crippen LogP contribution is 2.19. The molecule has 0 aliphatic rings. The second kappa shape index (κ2) is 8.06. The van der Waals surface area contributed by atoms with Gasteiger partial charge >= 0.3 is 0 Å². The van der Waals surface area contributed by atoms with E-state index in [0.717, 1.165) is 36.1 Å². The lowest BCUT2D eigenvalue weighted by Crippen LogP contribution is -2.38. The van der Waals surface area contributed by atoms with Gasteiger partial charge < -0.3 is 10.6 Å². The summed E-state index contributed by atoms with van der Waals surface area (Å²) in [6, 6.07) is 5.85. The third kappa shape index (κ3) is 4.33. The van der Waals surface area contributed by atoms with Crippen LogP contribution in [-0.2, 0) is 13.0 Å². The van der Waals surface area contributed by atoms with Crippen LogP contribution >= 0.6 is 11.3 Å². The molecule has 3 aromatic rings. The maximum Gasteiger partial charge on any atom is 0.191 e. The number of aromatic nitrogens is 4. The third-order valence-electron chi connectivity index (χ3n) is 3.76. The van der Waals surface area contributed by atoms with E-state index >= 15 is 0 Å². The van der Waals surface area contributed by atoms with Crippen LogP contribution in [0.5, 0.6) is 0 Å². The van der Waals surface area contributed by atoms with Crippen molar-refractivity contribution in [1.82, 2.24) is 30.2 Å². The first-order chi connectivity index (χ1) is 12.2. The van der Waals surface area contributed by atoms with Gasteiger partial charge in [-0.2, -0.15) is 0 Å². The van der Waals surface area contributed by atoms with Gasteiger partial charge in [-0.1, -0.05) is 19.9 Å². The summed E-state index contributed by atoms with van der Waals surface area (Å²) in [6.07, 6.45) is 2.83. The summed E-state index contributed by atoms with van der Waals surface area (Å²) < 4.78 is 1.96. The quantitative estimate of drug-likeness (QED) is 0.522. The van der Waals surface area contributed by atoms with Gasteiger partial charge in [0, 0.05) is 37.5 Å². The molecular weight excluding hydrogens is 334 g/mol. The molecule has 0 radical (unpaired) electrons. The zero-order valence-corrected chi connectivity index (χ0v) is 15.5. The van der Waals surface area contributed by atoms with Gasteiger partial charge in [-0.05, 0) is 12.1 Å². The number of nitrogens with zero attached hydrogens (tertiary/aromatic N) is 5. The lowest BCUT2D eigenvalue weighted by atomic mass is 10.2. The molecule has 0 aliphatic carbocycles. The molecule has 3 rings (SSSR count). The number of thiazole rings is 1. The van der Waals surface area contributed by atoms with Crippen LogP contribution in [0.2, 0.25) is 0 Å². The molecule has 0 aromatic carbocycles. The predicted molar refractivity (Wildman–Crippen MR) is 101 cm³/mol. The molecule has 0 fully saturated rings. The number of pyridine rings is 1. The van der Waals surface area contributed by atoms with Crippen LogP contribution in [0.3, 0.4) is 0 Å². The summed E-state index contributed by atoms with van der Waals surface area (Å²) in [6.45, 7) is 5.67. The molecule has 25 heavy (non-hydrogen) atoms. The Bertz CT molecular complexity index is 849. The van der Waals surface area contributed by atoms with E-state index in [0.29, 0.717) is 12.5 Å². The summed E-state index contributed by atoms with van der Waals surface area (Å²) in [7, 11) is 1.76. The average Bonchev–Trinajstić information content (AvgIpc) is 3.25. The molecule has 0 saturated carbocycles. The van der Waals surface area contributed by atoms with E-state index in [9.17, 15) is 0 Å². The number of rotatable bonds is 6. The Kier molecular flexibility index (Phi) is 5.60. The molecule has 0 atom stereocenters. The lowest BCUT2D eigenvalue weighted by molar-refractivity contribution is 0.750. The fourth-order valence-corrected chi connectivity index (χ4v) is 3.28. The van der Waals surface area contributed by atoms with Gasteiger partial charge in [0.05, 0.1) is 17.2 Å². The maximum absolute atomic E-state index is 4.65. The highest BCUT2D eigenvalue weighted by Gasteiger charge is 2.07. The molecular formula is C17H23N7S. The van der Waals surface area contributed by atoms with Gasteiger partial charge in [0.25, 0.3) is 0 Å². The first-order valence-corrected chi connectivity index (χ1v) is 9.23. The van der Waals surface area contributed by atoms with E-state index in [4.69, 9.17) is 0 Å². The highest BCUT2D eigenvalue weighted by atomic mass is 32.1. The number of guanidine groups is 1. The minimum Gasteiger partial charge on any atom is -0.356 e. The molecule has 3 heterocycles. The number of hydrogen-bond donors (Lipinski definition) is 2. The second-order valence-electron chi connectivity index (χ2n) is 5.98. The van der Waals surface area contributed by atoms with Crippen molar-refractivity contribution in [2.75, 3.05) is 13.6 Å². The molecule has 132 valence electrons. The van der Waals surface area contributed by atoms with Crippen LogP contribution in [0.1, 0.15) is 36.3 Å². The number of fused-ring (bicyclic) bond motifs is 1. The molecule has 0 amide bonds. The Morgan fingerprint density at radius 1 is 1.28 bits per heavy atom. The Hall–Kier alpha value is -2.48. The number of nitrogens with one attached hydrogen (secondary N) is 2. The summed E-state index contributed by atoms with van der Waals surface area (Å²) in [5, 5.41) is 18.3. The van der Waals surface area contributed by atoms with Gasteiger partial charge in [-0.3, -0.25) is 9.39 Å². The molecule has 0 spiro atoms. The number of aliphatic imine (C=N–C) groups is 1. The van der Waals surface area contributed by atoms with Crippen molar-refractivity contribution in [2.24, 2.45) is 4.99 Å². The maximum atomic E-state index is 4.65. The van der Waals surface area contributed by atoms with Crippen LogP contribution in [0, 0.1) is 0 Å². The standard InChI is InChI=1S/C17H23N7S/c1-12(2)16-21-13(11-25-16)7-8-19-17(18-3)20-10-15-23-22-14-6-4-5-9-24(14)15/h4-6,9,11-12H,7-8,10H2,1-3H3,(H2,18,19,20). The zero-order valence-electron chi connectivity index (χ0n) is 14.7. The van der Waals surface area contributed by atoms with Gasteiger partial charge in [-0.15, -0.1) is 21.5 Å². The van der Waals surface area contributed by atoms with Crippen LogP contribution in [0.25, 0.3) is 5.65 Å². The number of hydrogen-bond acceptors (Lipinski definition) is 5. The largest absolute Gasteiger partial charge is 0.356 e. The van der Waals surface area contributed by atoms with Crippen LogP contribution in [-0.4, -0.2) is 39.1 Å². The van der Waals surface area contributed by atoms with E-state index in [2.05, 4.69) is 50.0 Å². The van der Waals surface area contributed by atoms with E-state index in [1.165, 1.54) is 5.01 Å². The van der Waals surface area contributed by atoms with Crippen molar-refractivity contribution < 1.29 is 0 Å².